The van der Waals surface area contributed by atoms with Gasteiger partial charge in [0.2, 0.25) is 0 Å². The Morgan fingerprint density at radius 2 is 2.00 bits per heavy atom. The molecule has 0 bridgehead atoms. The van der Waals surface area contributed by atoms with Gasteiger partial charge in [-0.1, -0.05) is 37.1 Å². The van der Waals surface area contributed by atoms with Crippen molar-refractivity contribution in [3.05, 3.63) is 36.5 Å². The van der Waals surface area contributed by atoms with Gasteiger partial charge in [0.1, 0.15) is 5.82 Å². The third kappa shape index (κ3) is 2.56. The summed E-state index contributed by atoms with van der Waals surface area (Å²) in [6, 6.07) is 10.7. The SMILES string of the molecule is OCC1CCCCC1Nc1nccc2ccccc12. The summed E-state index contributed by atoms with van der Waals surface area (Å²) < 4.78 is 0. The molecule has 0 saturated heterocycles. The highest BCUT2D eigenvalue weighted by molar-refractivity contribution is 5.91. The lowest BCUT2D eigenvalue weighted by molar-refractivity contribution is 0.178. The fourth-order valence-electron chi connectivity index (χ4n) is 3.03. The first-order valence-electron chi connectivity index (χ1n) is 7.09. The lowest BCUT2D eigenvalue weighted by atomic mass is 9.85. The molecule has 19 heavy (non-hydrogen) atoms. The van der Waals surface area contributed by atoms with Crippen molar-refractivity contribution in [2.24, 2.45) is 5.92 Å². The van der Waals surface area contributed by atoms with Crippen LogP contribution in [0.25, 0.3) is 10.8 Å². The lowest BCUT2D eigenvalue weighted by Gasteiger charge is -2.31. The van der Waals surface area contributed by atoms with Gasteiger partial charge in [0.15, 0.2) is 0 Å². The first-order chi connectivity index (χ1) is 9.38. The van der Waals surface area contributed by atoms with Crippen molar-refractivity contribution in [1.82, 2.24) is 4.98 Å². The highest BCUT2D eigenvalue weighted by Gasteiger charge is 2.24. The minimum Gasteiger partial charge on any atom is -0.396 e. The van der Waals surface area contributed by atoms with E-state index in [0.717, 1.165) is 24.0 Å². The van der Waals surface area contributed by atoms with Gasteiger partial charge >= 0.3 is 0 Å². The molecule has 1 saturated carbocycles. The number of nitrogens with zero attached hydrogens (tertiary/aromatic N) is 1. The number of hydrogen-bond acceptors (Lipinski definition) is 3. The smallest absolute Gasteiger partial charge is 0.134 e. The van der Waals surface area contributed by atoms with E-state index in [9.17, 15) is 5.11 Å². The fourth-order valence-corrected chi connectivity index (χ4v) is 3.03. The quantitative estimate of drug-likeness (QED) is 0.886. The standard InChI is InChI=1S/C16H20N2O/c19-11-13-6-2-4-8-15(13)18-16-14-7-3-1-5-12(14)9-10-17-16/h1,3,5,7,9-10,13,15,19H,2,4,6,8,11H2,(H,17,18). The van der Waals surface area contributed by atoms with Crippen molar-refractivity contribution in [2.75, 3.05) is 11.9 Å². The van der Waals surface area contributed by atoms with Crippen molar-refractivity contribution < 1.29 is 5.11 Å². The number of pyridine rings is 1. The van der Waals surface area contributed by atoms with E-state index < -0.39 is 0 Å². The maximum absolute atomic E-state index is 9.49. The van der Waals surface area contributed by atoms with Gasteiger partial charge in [-0.15, -0.1) is 0 Å². The van der Waals surface area contributed by atoms with Crippen LogP contribution in [-0.4, -0.2) is 22.7 Å². The molecule has 100 valence electrons. The topological polar surface area (TPSA) is 45.1 Å². The van der Waals surface area contributed by atoms with Crippen molar-refractivity contribution in [2.45, 2.75) is 31.7 Å². The molecule has 2 N–H and O–H groups in total. The van der Waals surface area contributed by atoms with Crippen molar-refractivity contribution in [3.63, 3.8) is 0 Å². The van der Waals surface area contributed by atoms with E-state index in [-0.39, 0.29) is 6.61 Å². The van der Waals surface area contributed by atoms with Gasteiger partial charge in [-0.05, 0) is 24.3 Å². The zero-order valence-corrected chi connectivity index (χ0v) is 11.0. The van der Waals surface area contributed by atoms with Crippen LogP contribution in [0.2, 0.25) is 0 Å². The van der Waals surface area contributed by atoms with Gasteiger partial charge in [-0.2, -0.15) is 0 Å². The number of aliphatic hydroxyl groups is 1. The number of aromatic nitrogens is 1. The third-order valence-electron chi connectivity index (χ3n) is 4.14. The normalized spacial score (nSPS) is 23.4. The second-order valence-corrected chi connectivity index (χ2v) is 5.36. The summed E-state index contributed by atoms with van der Waals surface area (Å²) in [6.07, 6.45) is 6.54. The highest BCUT2D eigenvalue weighted by atomic mass is 16.3. The lowest BCUT2D eigenvalue weighted by Crippen LogP contribution is -2.34. The summed E-state index contributed by atoms with van der Waals surface area (Å²) in [5, 5.41) is 15.4. The molecule has 1 aliphatic rings. The van der Waals surface area contributed by atoms with Crippen LogP contribution in [0, 0.1) is 5.92 Å². The number of hydrogen-bond donors (Lipinski definition) is 2. The second kappa shape index (κ2) is 5.57. The second-order valence-electron chi connectivity index (χ2n) is 5.36. The molecule has 1 aromatic carbocycles. The summed E-state index contributed by atoms with van der Waals surface area (Å²) >= 11 is 0. The van der Waals surface area contributed by atoms with Crippen LogP contribution in [0.5, 0.6) is 0 Å². The Morgan fingerprint density at radius 3 is 2.89 bits per heavy atom. The molecule has 2 aromatic rings. The van der Waals surface area contributed by atoms with E-state index in [1.165, 1.54) is 18.2 Å². The maximum atomic E-state index is 9.49. The van der Waals surface area contributed by atoms with Crippen LogP contribution in [0.15, 0.2) is 36.5 Å². The Balaban J connectivity index is 1.88. The number of rotatable bonds is 3. The third-order valence-corrected chi connectivity index (χ3v) is 4.14. The van der Waals surface area contributed by atoms with Gasteiger partial charge in [0.25, 0.3) is 0 Å². The van der Waals surface area contributed by atoms with Gasteiger partial charge in [-0.3, -0.25) is 0 Å². The molecule has 0 amide bonds. The van der Waals surface area contributed by atoms with E-state index in [1.54, 1.807) is 0 Å². The van der Waals surface area contributed by atoms with Crippen LogP contribution >= 0.6 is 0 Å². The number of nitrogens with one attached hydrogen (secondary N) is 1. The Kier molecular flexibility index (Phi) is 3.65. The van der Waals surface area contributed by atoms with Crippen LogP contribution in [0.3, 0.4) is 0 Å². The summed E-state index contributed by atoms with van der Waals surface area (Å²) in [5.41, 5.74) is 0. The number of benzene rings is 1. The molecular formula is C16H20N2O. The molecule has 1 aliphatic carbocycles. The summed E-state index contributed by atoms with van der Waals surface area (Å²) in [6.45, 7) is 0.266. The summed E-state index contributed by atoms with van der Waals surface area (Å²) in [7, 11) is 0. The molecular weight excluding hydrogens is 236 g/mol. The highest BCUT2D eigenvalue weighted by Crippen LogP contribution is 2.28. The zero-order chi connectivity index (χ0) is 13.1. The van der Waals surface area contributed by atoms with E-state index in [1.807, 2.05) is 24.4 Å². The first kappa shape index (κ1) is 12.4. The van der Waals surface area contributed by atoms with Crippen LogP contribution in [-0.2, 0) is 0 Å². The molecule has 2 atom stereocenters. The molecule has 0 radical (unpaired) electrons. The average molecular weight is 256 g/mol. The molecule has 3 rings (SSSR count). The number of fused-ring (bicyclic) bond motifs is 1. The van der Waals surface area contributed by atoms with Crippen LogP contribution in [0.4, 0.5) is 5.82 Å². The number of anilines is 1. The Hall–Kier alpha value is -1.61. The predicted molar refractivity (Wildman–Crippen MR) is 78.2 cm³/mol. The summed E-state index contributed by atoms with van der Waals surface area (Å²) in [4.78, 5) is 4.48. The van der Waals surface area contributed by atoms with Gasteiger partial charge in [0, 0.05) is 30.1 Å². The van der Waals surface area contributed by atoms with Gasteiger partial charge in [0.05, 0.1) is 0 Å². The Bertz CT molecular complexity index is 550. The van der Waals surface area contributed by atoms with Crippen molar-refractivity contribution in [1.29, 1.82) is 0 Å². The molecule has 1 heterocycles. The minimum absolute atomic E-state index is 0.266. The molecule has 3 heteroatoms. The van der Waals surface area contributed by atoms with Crippen LogP contribution < -0.4 is 5.32 Å². The Morgan fingerprint density at radius 1 is 1.16 bits per heavy atom. The van der Waals surface area contributed by atoms with Gasteiger partial charge < -0.3 is 10.4 Å². The molecule has 0 spiro atoms. The monoisotopic (exact) mass is 256 g/mol. The minimum atomic E-state index is 0.266. The van der Waals surface area contributed by atoms with Crippen molar-refractivity contribution >= 4 is 16.6 Å². The van der Waals surface area contributed by atoms with Crippen molar-refractivity contribution in [3.8, 4) is 0 Å². The van der Waals surface area contributed by atoms with Gasteiger partial charge in [-0.25, -0.2) is 4.98 Å². The van der Waals surface area contributed by atoms with E-state index in [2.05, 4.69) is 22.4 Å². The molecule has 1 aromatic heterocycles. The van der Waals surface area contributed by atoms with Crippen LogP contribution in [0.1, 0.15) is 25.7 Å². The van der Waals surface area contributed by atoms with E-state index >= 15 is 0 Å². The predicted octanol–water partition coefficient (Wildman–Crippen LogP) is 3.20. The molecule has 1 fully saturated rings. The van der Waals surface area contributed by atoms with E-state index in [0.29, 0.717) is 12.0 Å². The molecule has 2 unspecified atom stereocenters. The molecule has 3 nitrogen and oxygen atoms in total. The Labute approximate surface area is 113 Å². The largest absolute Gasteiger partial charge is 0.396 e. The molecule has 0 aliphatic heterocycles. The average Bonchev–Trinajstić information content (AvgIpc) is 2.48. The zero-order valence-electron chi connectivity index (χ0n) is 11.0. The maximum Gasteiger partial charge on any atom is 0.134 e. The summed E-state index contributed by atoms with van der Waals surface area (Å²) in [5.74, 6) is 1.30. The van der Waals surface area contributed by atoms with E-state index in [4.69, 9.17) is 0 Å². The fraction of sp³-hybridized carbons (Fsp3) is 0.438. The first-order valence-corrected chi connectivity index (χ1v) is 7.09. The number of aliphatic hydroxyl groups excluding tert-OH is 1.